The summed E-state index contributed by atoms with van der Waals surface area (Å²) < 4.78 is 2.94. The molecular formula is C10H11N7OS. The first kappa shape index (κ1) is 11.9. The molecule has 3 aromatic rings. The molecule has 3 heterocycles. The van der Waals surface area contributed by atoms with Crippen LogP contribution in [-0.4, -0.2) is 29.6 Å². The lowest BCUT2D eigenvalue weighted by molar-refractivity contribution is 0.638. The SMILES string of the molecule is Cc1cc(=O)n2nc(Cn3cc(CN)nn3)sc2n1. The van der Waals surface area contributed by atoms with Gasteiger partial charge in [-0.25, -0.2) is 9.67 Å². The van der Waals surface area contributed by atoms with Gasteiger partial charge in [0, 0.05) is 18.3 Å². The second-order valence-electron chi connectivity index (χ2n) is 4.04. The van der Waals surface area contributed by atoms with Gasteiger partial charge in [-0.2, -0.15) is 9.61 Å². The number of rotatable bonds is 3. The minimum atomic E-state index is -0.175. The van der Waals surface area contributed by atoms with Crippen molar-refractivity contribution in [1.29, 1.82) is 0 Å². The number of nitrogens with zero attached hydrogens (tertiary/aromatic N) is 6. The molecule has 0 bridgehead atoms. The van der Waals surface area contributed by atoms with Crippen molar-refractivity contribution < 1.29 is 0 Å². The van der Waals surface area contributed by atoms with Crippen LogP contribution >= 0.6 is 11.3 Å². The van der Waals surface area contributed by atoms with Crippen LogP contribution in [-0.2, 0) is 13.1 Å². The Balaban J connectivity index is 1.97. The van der Waals surface area contributed by atoms with Crippen molar-refractivity contribution in [2.24, 2.45) is 5.73 Å². The lowest BCUT2D eigenvalue weighted by Gasteiger charge is -1.92. The molecule has 0 aliphatic rings. The van der Waals surface area contributed by atoms with Gasteiger partial charge in [-0.15, -0.1) is 5.10 Å². The van der Waals surface area contributed by atoms with Crippen molar-refractivity contribution in [2.75, 3.05) is 0 Å². The molecule has 0 saturated carbocycles. The number of hydrogen-bond acceptors (Lipinski definition) is 7. The Morgan fingerprint density at radius 3 is 3.05 bits per heavy atom. The van der Waals surface area contributed by atoms with E-state index in [1.165, 1.54) is 21.9 Å². The molecule has 19 heavy (non-hydrogen) atoms. The Morgan fingerprint density at radius 2 is 2.32 bits per heavy atom. The first-order chi connectivity index (χ1) is 9.15. The zero-order valence-corrected chi connectivity index (χ0v) is 11.0. The fourth-order valence-corrected chi connectivity index (χ4v) is 2.61. The normalized spacial score (nSPS) is 11.3. The molecule has 2 N–H and O–H groups in total. The summed E-state index contributed by atoms with van der Waals surface area (Å²) in [5.41, 5.74) is 6.70. The summed E-state index contributed by atoms with van der Waals surface area (Å²) in [4.78, 5) is 16.6. The lowest BCUT2D eigenvalue weighted by Crippen LogP contribution is -2.14. The Hall–Kier alpha value is -2.13. The molecule has 98 valence electrons. The van der Waals surface area contributed by atoms with Gasteiger partial charge in [-0.1, -0.05) is 16.6 Å². The zero-order chi connectivity index (χ0) is 13.4. The molecule has 0 aliphatic carbocycles. The minimum absolute atomic E-state index is 0.175. The predicted molar refractivity (Wildman–Crippen MR) is 68.9 cm³/mol. The summed E-state index contributed by atoms with van der Waals surface area (Å²) >= 11 is 1.36. The molecule has 9 heteroatoms. The van der Waals surface area contributed by atoms with E-state index >= 15 is 0 Å². The largest absolute Gasteiger partial charge is 0.325 e. The molecule has 0 unspecified atom stereocenters. The van der Waals surface area contributed by atoms with E-state index in [0.717, 1.165) is 5.01 Å². The van der Waals surface area contributed by atoms with Crippen LogP contribution in [0.25, 0.3) is 4.96 Å². The van der Waals surface area contributed by atoms with E-state index in [0.29, 0.717) is 29.4 Å². The van der Waals surface area contributed by atoms with Crippen molar-refractivity contribution in [3.8, 4) is 0 Å². The molecule has 0 amide bonds. The number of fused-ring (bicyclic) bond motifs is 1. The molecule has 0 spiro atoms. The highest BCUT2D eigenvalue weighted by atomic mass is 32.1. The van der Waals surface area contributed by atoms with Crippen molar-refractivity contribution in [1.82, 2.24) is 29.6 Å². The lowest BCUT2D eigenvalue weighted by atomic mass is 10.5. The van der Waals surface area contributed by atoms with Gasteiger partial charge in [0.25, 0.3) is 5.56 Å². The molecular weight excluding hydrogens is 266 g/mol. The van der Waals surface area contributed by atoms with E-state index in [9.17, 15) is 4.79 Å². The fraction of sp³-hybridized carbons (Fsp3) is 0.300. The van der Waals surface area contributed by atoms with E-state index < -0.39 is 0 Å². The van der Waals surface area contributed by atoms with Gasteiger partial charge in [-0.3, -0.25) is 4.79 Å². The number of hydrogen-bond donors (Lipinski definition) is 1. The Morgan fingerprint density at radius 1 is 1.47 bits per heavy atom. The van der Waals surface area contributed by atoms with Crippen molar-refractivity contribution in [2.45, 2.75) is 20.0 Å². The Kier molecular flexibility index (Phi) is 2.84. The zero-order valence-electron chi connectivity index (χ0n) is 10.1. The topological polar surface area (TPSA) is 104 Å². The highest BCUT2D eigenvalue weighted by Crippen LogP contribution is 2.12. The number of nitrogens with two attached hydrogens (primary N) is 1. The van der Waals surface area contributed by atoms with E-state index in [-0.39, 0.29) is 5.56 Å². The minimum Gasteiger partial charge on any atom is -0.325 e. The monoisotopic (exact) mass is 277 g/mol. The summed E-state index contributed by atoms with van der Waals surface area (Å²) in [6, 6.07) is 1.46. The number of aryl methyl sites for hydroxylation is 1. The molecule has 0 saturated heterocycles. The van der Waals surface area contributed by atoms with Gasteiger partial charge < -0.3 is 5.73 Å². The van der Waals surface area contributed by atoms with Crippen LogP contribution in [0.3, 0.4) is 0 Å². The molecule has 3 aromatic heterocycles. The first-order valence-electron chi connectivity index (χ1n) is 5.61. The molecule has 0 fully saturated rings. The van der Waals surface area contributed by atoms with Crippen molar-refractivity contribution in [3.63, 3.8) is 0 Å². The van der Waals surface area contributed by atoms with Crippen LogP contribution in [0.5, 0.6) is 0 Å². The molecule has 3 rings (SSSR count). The maximum Gasteiger partial charge on any atom is 0.275 e. The highest BCUT2D eigenvalue weighted by Gasteiger charge is 2.09. The van der Waals surface area contributed by atoms with E-state index in [1.54, 1.807) is 17.8 Å². The third-order valence-corrected chi connectivity index (χ3v) is 3.40. The van der Waals surface area contributed by atoms with Gasteiger partial charge >= 0.3 is 0 Å². The summed E-state index contributed by atoms with van der Waals surface area (Å²) in [5.74, 6) is 0. The molecule has 8 nitrogen and oxygen atoms in total. The van der Waals surface area contributed by atoms with Crippen LogP contribution in [0, 0.1) is 6.92 Å². The molecule has 0 radical (unpaired) electrons. The maximum absolute atomic E-state index is 11.7. The molecule has 0 aromatic carbocycles. The van der Waals surface area contributed by atoms with Gasteiger partial charge in [0.1, 0.15) is 5.01 Å². The summed E-state index contributed by atoms with van der Waals surface area (Å²) in [6.07, 6.45) is 1.76. The van der Waals surface area contributed by atoms with Gasteiger partial charge in [0.2, 0.25) is 4.96 Å². The molecule has 0 atom stereocenters. The fourth-order valence-electron chi connectivity index (χ4n) is 1.67. The second kappa shape index (κ2) is 4.52. The quantitative estimate of drug-likeness (QED) is 0.696. The smallest absolute Gasteiger partial charge is 0.275 e. The third-order valence-electron chi connectivity index (χ3n) is 2.51. The summed E-state index contributed by atoms with van der Waals surface area (Å²) in [6.45, 7) is 2.57. The van der Waals surface area contributed by atoms with Crippen LogP contribution in [0.2, 0.25) is 0 Å². The summed E-state index contributed by atoms with van der Waals surface area (Å²) in [5, 5.41) is 12.8. The standard InChI is InChI=1S/C10H11N7OS/c1-6-2-9(18)17-10(12-6)19-8(14-17)5-16-4-7(3-11)13-15-16/h2,4H,3,5,11H2,1H3. The first-order valence-corrected chi connectivity index (χ1v) is 6.43. The third kappa shape index (κ3) is 2.25. The molecule has 0 aliphatic heterocycles. The number of aromatic nitrogens is 6. The van der Waals surface area contributed by atoms with Crippen LogP contribution < -0.4 is 11.3 Å². The second-order valence-corrected chi connectivity index (χ2v) is 5.08. The Bertz CT molecular complexity index is 787. The average molecular weight is 277 g/mol. The van der Waals surface area contributed by atoms with E-state index in [2.05, 4.69) is 20.4 Å². The van der Waals surface area contributed by atoms with E-state index in [4.69, 9.17) is 5.73 Å². The van der Waals surface area contributed by atoms with Crippen molar-refractivity contribution in [3.05, 3.63) is 39.0 Å². The van der Waals surface area contributed by atoms with Crippen molar-refractivity contribution >= 4 is 16.3 Å². The maximum atomic E-state index is 11.7. The van der Waals surface area contributed by atoms with Crippen LogP contribution in [0.1, 0.15) is 16.4 Å². The van der Waals surface area contributed by atoms with Crippen LogP contribution in [0.4, 0.5) is 0 Å². The van der Waals surface area contributed by atoms with E-state index in [1.807, 2.05) is 0 Å². The van der Waals surface area contributed by atoms with Gasteiger partial charge in [0.05, 0.1) is 18.4 Å². The van der Waals surface area contributed by atoms with Crippen LogP contribution in [0.15, 0.2) is 17.1 Å². The predicted octanol–water partition coefficient (Wildman–Crippen LogP) is -0.442. The summed E-state index contributed by atoms with van der Waals surface area (Å²) in [7, 11) is 0. The highest BCUT2D eigenvalue weighted by molar-refractivity contribution is 7.16. The Labute approximate surface area is 111 Å². The average Bonchev–Trinajstić information content (AvgIpc) is 2.96. The van der Waals surface area contributed by atoms with Gasteiger partial charge in [-0.05, 0) is 6.92 Å². The van der Waals surface area contributed by atoms with Gasteiger partial charge in [0.15, 0.2) is 0 Å².